The van der Waals surface area contributed by atoms with Crippen LogP contribution in [0.4, 0.5) is 8.78 Å². The molecule has 9 aliphatic rings. The number of thioether (sulfide) groups is 2. The number of nitrogens with one attached hydrogen (secondary N) is 11. The van der Waals surface area contributed by atoms with Crippen LogP contribution in [0.25, 0.3) is 0 Å². The van der Waals surface area contributed by atoms with E-state index in [9.17, 15) is 33.9 Å². The van der Waals surface area contributed by atoms with Gasteiger partial charge in [0.25, 0.3) is 0 Å². The fourth-order valence-electron chi connectivity index (χ4n) is 17.3. The number of carbonyl (C=O) groups is 11. The van der Waals surface area contributed by atoms with Gasteiger partial charge in [0.2, 0.25) is 59.1 Å². The summed E-state index contributed by atoms with van der Waals surface area (Å²) in [6, 6.07) is -3.12. The minimum atomic E-state index is -1.86. The molecule has 3 saturated carbocycles. The van der Waals surface area contributed by atoms with Gasteiger partial charge in [-0.3, -0.25) is 52.7 Å². The number of carbonyl (C=O) groups excluding carboxylic acids is 10. The highest BCUT2D eigenvalue weighted by atomic mass is 32.2. The van der Waals surface area contributed by atoms with Gasteiger partial charge < -0.3 is 84.9 Å². The molecule has 560 valence electrons. The van der Waals surface area contributed by atoms with Crippen LogP contribution in [0.5, 0.6) is 0 Å². The maximum Gasteiger partial charge on any atom is 0.305 e. The van der Waals surface area contributed by atoms with Crippen molar-refractivity contribution in [1.29, 1.82) is 0 Å². The van der Waals surface area contributed by atoms with Crippen LogP contribution < -0.4 is 70.0 Å². The van der Waals surface area contributed by atoms with Gasteiger partial charge in [-0.1, -0.05) is 56.4 Å². The Morgan fingerprint density at radius 3 is 1.87 bits per heavy atom. The fourth-order valence-corrected chi connectivity index (χ4v) is 19.3. The Kier molecular flexibility index (Phi) is 28.7. The summed E-state index contributed by atoms with van der Waals surface area (Å²) in [4.78, 5) is 162. The Hall–Kier alpha value is -6.25. The number of primary amides is 1. The predicted octanol–water partition coefficient (Wildman–Crippen LogP) is 0.601. The lowest BCUT2D eigenvalue weighted by molar-refractivity contribution is -0.150. The number of hydrogen-bond donors (Lipinski definition) is 14. The Bertz CT molecular complexity index is 3080. The van der Waals surface area contributed by atoms with E-state index in [4.69, 9.17) is 11.5 Å². The number of alkyl halides is 2. The lowest BCUT2D eigenvalue weighted by atomic mass is 9.76. The maximum atomic E-state index is 15.7. The fraction of sp³-hybridized carbons (Fsp3) is 0.757. The third kappa shape index (κ3) is 21.2. The van der Waals surface area contributed by atoms with Crippen LogP contribution in [-0.4, -0.2) is 223 Å². The number of benzene rings is 1. The number of aliphatic carboxylic acids is 1. The second-order valence-corrected chi connectivity index (χ2v) is 31.7. The largest absolute Gasteiger partial charge is 0.481 e. The van der Waals surface area contributed by atoms with Gasteiger partial charge in [-0.2, -0.15) is 23.5 Å². The van der Waals surface area contributed by atoms with Crippen molar-refractivity contribution in [3.05, 3.63) is 35.4 Å². The van der Waals surface area contributed by atoms with Gasteiger partial charge in [0.05, 0.1) is 13.0 Å². The van der Waals surface area contributed by atoms with E-state index >= 15 is 32.8 Å². The molecule has 3 aliphatic carbocycles. The first kappa shape index (κ1) is 77.4. The van der Waals surface area contributed by atoms with Gasteiger partial charge in [-0.05, 0) is 163 Å². The number of rotatable bonds is 14. The summed E-state index contributed by atoms with van der Waals surface area (Å²) in [5.74, 6) is -8.56. The van der Waals surface area contributed by atoms with E-state index in [0.717, 1.165) is 43.2 Å². The van der Waals surface area contributed by atoms with Gasteiger partial charge in [-0.25, -0.2) is 8.78 Å². The quantitative estimate of drug-likeness (QED) is 0.113. The van der Waals surface area contributed by atoms with Crippen molar-refractivity contribution in [2.24, 2.45) is 47.0 Å². The van der Waals surface area contributed by atoms with E-state index in [2.05, 4.69) is 58.5 Å². The molecule has 5 saturated heterocycles. The molecule has 0 radical (unpaired) electrons. The van der Waals surface area contributed by atoms with Crippen LogP contribution in [0.15, 0.2) is 24.3 Å². The van der Waals surface area contributed by atoms with Crippen molar-refractivity contribution in [2.45, 2.75) is 232 Å². The molecule has 10 rings (SSSR count). The minimum Gasteiger partial charge on any atom is -0.481 e. The Morgan fingerprint density at radius 1 is 0.594 bits per heavy atom. The van der Waals surface area contributed by atoms with E-state index in [1.807, 2.05) is 24.3 Å². The average Bonchev–Trinajstić information content (AvgIpc) is 1.65. The van der Waals surface area contributed by atoms with Crippen LogP contribution in [0.2, 0.25) is 0 Å². The summed E-state index contributed by atoms with van der Waals surface area (Å²) < 4.78 is 30.5. The van der Waals surface area contributed by atoms with E-state index in [-0.39, 0.29) is 112 Å². The summed E-state index contributed by atoms with van der Waals surface area (Å²) in [6.07, 6.45) is 5.79. The number of halogens is 2. The molecule has 16 N–H and O–H groups in total. The van der Waals surface area contributed by atoms with Crippen molar-refractivity contribution in [1.82, 2.24) is 68.3 Å². The third-order valence-corrected chi connectivity index (χ3v) is 24.8. The summed E-state index contributed by atoms with van der Waals surface area (Å²) in [5.41, 5.74) is 13.7. The summed E-state index contributed by atoms with van der Waals surface area (Å²) in [6.45, 7) is 1.50. The number of amides is 10. The second kappa shape index (κ2) is 37.4. The van der Waals surface area contributed by atoms with Crippen LogP contribution in [-0.2, 0) is 64.2 Å². The molecule has 101 heavy (non-hydrogen) atoms. The van der Waals surface area contributed by atoms with Gasteiger partial charge in [-0.15, -0.1) is 0 Å². The number of unbranched alkanes of at least 4 members (excludes halogenated alkanes) is 1. The summed E-state index contributed by atoms with van der Waals surface area (Å²) >= 11 is 2.90. The second-order valence-electron chi connectivity index (χ2n) is 29.6. The molecule has 10 amide bonds. The monoisotopic (exact) mass is 1450 g/mol. The van der Waals surface area contributed by atoms with Gasteiger partial charge in [0.1, 0.15) is 60.7 Å². The van der Waals surface area contributed by atoms with E-state index < -0.39 is 151 Å². The Balaban J connectivity index is 0.960. The third-order valence-electron chi connectivity index (χ3n) is 22.6. The zero-order valence-corrected chi connectivity index (χ0v) is 59.5. The molecule has 8 fully saturated rings. The number of carboxylic acid groups (broad SMARTS) is 1. The molecule has 6 heterocycles. The topological polar surface area (TPSA) is 399 Å². The molecule has 18 atom stereocenters. The highest BCUT2D eigenvalue weighted by Crippen LogP contribution is 2.43. The maximum absolute atomic E-state index is 15.7. The molecule has 27 nitrogen and oxygen atoms in total. The first-order chi connectivity index (χ1) is 48.7. The highest BCUT2D eigenvalue weighted by Gasteiger charge is 2.52. The molecule has 1 aromatic rings. The predicted molar refractivity (Wildman–Crippen MR) is 376 cm³/mol. The lowest BCUT2D eigenvalue weighted by Crippen LogP contribution is -2.61. The molecule has 0 aromatic heterocycles. The Morgan fingerprint density at radius 2 is 1.23 bits per heavy atom. The molecule has 9 unspecified atom stereocenters. The highest BCUT2D eigenvalue weighted by molar-refractivity contribution is 7.98. The number of hydrogen-bond acceptors (Lipinski definition) is 18. The van der Waals surface area contributed by atoms with Crippen molar-refractivity contribution in [3.8, 4) is 0 Å². The van der Waals surface area contributed by atoms with Gasteiger partial charge in [0, 0.05) is 73.9 Å². The van der Waals surface area contributed by atoms with Crippen LogP contribution >= 0.6 is 23.5 Å². The number of nitrogens with two attached hydrogens (primary N) is 2. The van der Waals surface area contributed by atoms with Gasteiger partial charge in [0.15, 0.2) is 0 Å². The first-order valence-corrected chi connectivity index (χ1v) is 39.3. The normalized spacial score (nSPS) is 34.7. The van der Waals surface area contributed by atoms with E-state index in [1.165, 1.54) is 33.3 Å². The first-order valence-electron chi connectivity index (χ1n) is 37.0. The molecular weight excluding hydrogens is 1340 g/mol. The van der Waals surface area contributed by atoms with Crippen molar-refractivity contribution in [3.63, 3.8) is 0 Å². The van der Waals surface area contributed by atoms with Crippen LogP contribution in [0.1, 0.15) is 152 Å². The molecule has 6 aliphatic heterocycles. The number of fused-ring (bicyclic) bond motifs is 6. The average molecular weight is 1450 g/mol. The Labute approximate surface area is 598 Å². The molecule has 2 bridgehead atoms. The summed E-state index contributed by atoms with van der Waals surface area (Å²) in [7, 11) is 0. The molecule has 31 heteroatoms. The van der Waals surface area contributed by atoms with Crippen LogP contribution in [0, 0.1) is 35.5 Å². The van der Waals surface area contributed by atoms with E-state index in [1.54, 1.807) is 0 Å². The standard InChI is InChI=1S/C70H107F2N15O12S2/c71-44-14-16-50-48(27-44)42(31-76-50)25-53-65(94)82-54(26-43-32-77-51-17-15-45(72)28-49(43)51)66(95)83-55(30-61(90)91)67(96)84-56(29-46-33-75-38-79-46)69(98)87-22-18-47(41-10-2-1-3-11-41)62(87)70(99)86-21-7-13-58(86)68(97)85-57(63(74)92)37-101-36-40-9-6-8-39(24-40)35-100-23-19-59(88)80-52(12-4-5-20-73)64(93)78-34-60(89)81-53/h6,8-9,24,41-58,62,75-77,79H,1-5,7,10-23,25-38,73H2,(H2,74,92)(H,78,93)(H,80,88)(H,81,89)(H,82,94)(H,83,95)(H,84,96)(H,85,97)(H,90,91)/t42?,43?,44?,45?,46?,47-,48?,49?,50?,51?,52+,53+,54+,55+,56+,57+,58+,62+/m1/s1. The smallest absolute Gasteiger partial charge is 0.305 e. The summed E-state index contributed by atoms with van der Waals surface area (Å²) in [5, 5.41) is 43.3. The van der Waals surface area contributed by atoms with Crippen molar-refractivity contribution in [2.75, 3.05) is 64.0 Å². The SMILES string of the molecule is NCCCC[C@@H]1NC(=O)CCSCc2cccc(c2)CSC[C@@H](C(N)=O)NC(=O)[C@@H]2CCCN2C(=O)[C@@H]2[C@@H](C3CCCCC3)CCN2C(=O)[C@H](CC2CNCN2)NC(=O)[C@H](CC(=O)O)NC(=O)[C@H](CC2CNC3CCC(F)CC23)NC(=O)[C@H](CC2CNC3CCC(F)CC23)NC(=O)CNC1=O. The number of carboxylic acids is 1. The zero-order valence-electron chi connectivity index (χ0n) is 57.9. The zero-order chi connectivity index (χ0) is 71.7. The van der Waals surface area contributed by atoms with E-state index in [0.29, 0.717) is 101 Å². The lowest BCUT2D eigenvalue weighted by Gasteiger charge is -2.38. The molecule has 0 spiro atoms. The number of nitrogens with zero attached hydrogens (tertiary/aromatic N) is 2. The van der Waals surface area contributed by atoms with Crippen molar-refractivity contribution >= 4 is 88.6 Å². The minimum absolute atomic E-state index is 0.0265. The van der Waals surface area contributed by atoms with Crippen molar-refractivity contribution < 1.29 is 66.6 Å². The van der Waals surface area contributed by atoms with Crippen LogP contribution in [0.3, 0.4) is 0 Å². The molecular formula is C70H107F2N15O12S2. The van der Waals surface area contributed by atoms with Gasteiger partial charge >= 0.3 is 5.97 Å². The molecule has 1 aromatic carbocycles.